The quantitative estimate of drug-likeness (QED) is 0.662. The van der Waals surface area contributed by atoms with Crippen LogP contribution in [-0.2, 0) is 13.3 Å². The van der Waals surface area contributed by atoms with Crippen molar-refractivity contribution < 1.29 is 13.3 Å². The molecule has 1 aliphatic rings. The second-order valence-electron chi connectivity index (χ2n) is 3.43. The van der Waals surface area contributed by atoms with Crippen LogP contribution in [-0.4, -0.2) is 47.2 Å². The van der Waals surface area contributed by atoms with Crippen molar-refractivity contribution in [3.63, 3.8) is 0 Å². The van der Waals surface area contributed by atoms with Gasteiger partial charge in [0, 0.05) is 27.4 Å². The lowest BCUT2D eigenvalue weighted by Gasteiger charge is -2.34. The summed E-state index contributed by atoms with van der Waals surface area (Å²) < 4.78 is 16.1. The molecule has 4 nitrogen and oxygen atoms in total. The maximum absolute atomic E-state index is 5.38. The van der Waals surface area contributed by atoms with Gasteiger partial charge in [-0.15, -0.1) is 0 Å². The minimum atomic E-state index is -2.51. The first-order valence-electron chi connectivity index (χ1n) is 4.93. The molecule has 0 saturated heterocycles. The van der Waals surface area contributed by atoms with Crippen LogP contribution in [0.4, 0.5) is 0 Å². The molecule has 1 rings (SSSR count). The first kappa shape index (κ1) is 12.4. The summed E-state index contributed by atoms with van der Waals surface area (Å²) in [5.74, 6) is 0. The van der Waals surface area contributed by atoms with Crippen LogP contribution >= 0.6 is 0 Å². The van der Waals surface area contributed by atoms with E-state index in [1.807, 2.05) is 18.4 Å². The van der Waals surface area contributed by atoms with Crippen LogP contribution in [0.25, 0.3) is 0 Å². The maximum atomic E-state index is 5.38. The van der Waals surface area contributed by atoms with Gasteiger partial charge in [0.2, 0.25) is 0 Å². The van der Waals surface area contributed by atoms with Crippen LogP contribution in [0.1, 0.15) is 6.92 Å². The van der Waals surface area contributed by atoms with E-state index in [4.69, 9.17) is 13.3 Å². The predicted octanol–water partition coefficient (Wildman–Crippen LogP) is 1.18. The van der Waals surface area contributed by atoms with E-state index < -0.39 is 8.80 Å². The molecule has 0 aliphatic carbocycles. The van der Waals surface area contributed by atoms with Gasteiger partial charge in [0.15, 0.2) is 0 Å². The minimum absolute atomic E-state index is 0.349. The van der Waals surface area contributed by atoms with Crippen molar-refractivity contribution in [2.24, 2.45) is 0 Å². The summed E-state index contributed by atoms with van der Waals surface area (Å²) in [4.78, 5) is 2.16. The van der Waals surface area contributed by atoms with Crippen molar-refractivity contribution in [3.05, 3.63) is 24.4 Å². The number of allylic oxidation sites excluding steroid dienone is 2. The fourth-order valence-corrected chi connectivity index (χ4v) is 3.22. The Hall–Kier alpha value is -0.623. The van der Waals surface area contributed by atoms with E-state index in [1.54, 1.807) is 21.3 Å². The molecule has 15 heavy (non-hydrogen) atoms. The Bertz CT molecular complexity index is 243. The van der Waals surface area contributed by atoms with Crippen LogP contribution in [0.3, 0.4) is 0 Å². The van der Waals surface area contributed by atoms with Crippen LogP contribution in [0.2, 0.25) is 0 Å². The van der Waals surface area contributed by atoms with E-state index in [-0.39, 0.29) is 0 Å². The topological polar surface area (TPSA) is 30.9 Å². The van der Waals surface area contributed by atoms with Gasteiger partial charge in [0.1, 0.15) is 0 Å². The van der Waals surface area contributed by atoms with Crippen molar-refractivity contribution >= 4 is 8.80 Å². The molecule has 1 aliphatic heterocycles. The second-order valence-corrected chi connectivity index (χ2v) is 6.34. The minimum Gasteiger partial charge on any atom is -0.376 e. The zero-order valence-electron chi connectivity index (χ0n) is 9.77. The lowest BCUT2D eigenvalue weighted by molar-refractivity contribution is 0.107. The summed E-state index contributed by atoms with van der Waals surface area (Å²) in [6.45, 7) is 2.13. The summed E-state index contributed by atoms with van der Waals surface area (Å²) >= 11 is 0. The van der Waals surface area contributed by atoms with Crippen LogP contribution < -0.4 is 0 Å². The Kier molecular flexibility index (Phi) is 4.53. The van der Waals surface area contributed by atoms with Crippen molar-refractivity contribution in [1.29, 1.82) is 0 Å². The van der Waals surface area contributed by atoms with Gasteiger partial charge in [-0.1, -0.05) is 12.2 Å². The third kappa shape index (κ3) is 2.91. The Morgan fingerprint density at radius 3 is 2.20 bits per heavy atom. The molecule has 1 heterocycles. The molecule has 0 radical (unpaired) electrons. The first-order valence-corrected chi connectivity index (χ1v) is 6.87. The highest BCUT2D eigenvalue weighted by Gasteiger charge is 2.40. The molecule has 0 aromatic carbocycles. The molecule has 1 unspecified atom stereocenters. The number of nitrogens with zero attached hydrogens (tertiary/aromatic N) is 1. The Morgan fingerprint density at radius 2 is 1.73 bits per heavy atom. The number of hydrogen-bond acceptors (Lipinski definition) is 4. The van der Waals surface area contributed by atoms with Crippen molar-refractivity contribution in [3.8, 4) is 0 Å². The van der Waals surface area contributed by atoms with Gasteiger partial charge in [-0.3, -0.25) is 0 Å². The molecule has 86 valence electrons. The largest absolute Gasteiger partial charge is 0.520 e. The van der Waals surface area contributed by atoms with Gasteiger partial charge in [0.05, 0.1) is 6.17 Å². The van der Waals surface area contributed by atoms with E-state index in [0.29, 0.717) is 12.2 Å². The van der Waals surface area contributed by atoms with Crippen molar-refractivity contribution in [2.75, 3.05) is 27.5 Å². The Labute approximate surface area is 92.5 Å². The average molecular weight is 229 g/mol. The molecule has 0 aromatic rings. The lowest BCUT2D eigenvalue weighted by Crippen LogP contribution is -2.53. The standard InChI is InChI=1S/C10H19NO3Si/c1-10-7-5-6-8-11(10)9-15(12-2,13-3)14-4/h5-8,10H,9H2,1-4H3. The van der Waals surface area contributed by atoms with Gasteiger partial charge in [0.25, 0.3) is 0 Å². The van der Waals surface area contributed by atoms with Crippen LogP contribution in [0.5, 0.6) is 0 Å². The first-order chi connectivity index (χ1) is 7.17. The smallest absolute Gasteiger partial charge is 0.376 e. The summed E-state index contributed by atoms with van der Waals surface area (Å²) in [6.07, 6.45) is 8.86. The Morgan fingerprint density at radius 1 is 1.13 bits per heavy atom. The number of rotatable bonds is 5. The van der Waals surface area contributed by atoms with E-state index in [0.717, 1.165) is 0 Å². The van der Waals surface area contributed by atoms with Crippen LogP contribution in [0, 0.1) is 0 Å². The van der Waals surface area contributed by atoms with Gasteiger partial charge >= 0.3 is 8.80 Å². The molecule has 0 spiro atoms. The summed E-state index contributed by atoms with van der Waals surface area (Å²) in [5.41, 5.74) is 0. The van der Waals surface area contributed by atoms with Gasteiger partial charge in [-0.25, -0.2) is 0 Å². The Balaban J connectivity index is 2.66. The van der Waals surface area contributed by atoms with Crippen LogP contribution in [0.15, 0.2) is 24.4 Å². The average Bonchev–Trinajstić information content (AvgIpc) is 2.29. The molecule has 0 N–H and O–H groups in total. The SMILES string of the molecule is CO[Si](CN1C=CC=CC1C)(OC)OC. The predicted molar refractivity (Wildman–Crippen MR) is 61.2 cm³/mol. The zero-order valence-corrected chi connectivity index (χ0v) is 10.8. The highest BCUT2D eigenvalue weighted by atomic mass is 28.4. The molecule has 0 bridgehead atoms. The normalized spacial score (nSPS) is 21.1. The van der Waals surface area contributed by atoms with Gasteiger partial charge < -0.3 is 18.2 Å². The molecule has 0 fully saturated rings. The van der Waals surface area contributed by atoms with Crippen molar-refractivity contribution in [2.45, 2.75) is 13.0 Å². The molecule has 0 amide bonds. The fourth-order valence-electron chi connectivity index (χ4n) is 1.50. The van der Waals surface area contributed by atoms with Crippen molar-refractivity contribution in [1.82, 2.24) is 4.90 Å². The lowest BCUT2D eigenvalue weighted by atomic mass is 10.2. The summed E-state index contributed by atoms with van der Waals surface area (Å²) in [6, 6.07) is 0.349. The molecular formula is C10H19NO3Si. The van der Waals surface area contributed by atoms with E-state index in [2.05, 4.69) is 17.9 Å². The molecule has 0 saturated carbocycles. The van der Waals surface area contributed by atoms with Gasteiger partial charge in [-0.05, 0) is 19.2 Å². The van der Waals surface area contributed by atoms with E-state index in [1.165, 1.54) is 0 Å². The highest BCUT2D eigenvalue weighted by Crippen LogP contribution is 2.14. The second kappa shape index (κ2) is 5.46. The highest BCUT2D eigenvalue weighted by molar-refractivity contribution is 6.60. The molecule has 1 atom stereocenters. The molecule has 0 aromatic heterocycles. The van der Waals surface area contributed by atoms with E-state index >= 15 is 0 Å². The third-order valence-electron chi connectivity index (χ3n) is 2.61. The molecule has 5 heteroatoms. The van der Waals surface area contributed by atoms with Gasteiger partial charge in [-0.2, -0.15) is 0 Å². The summed E-state index contributed by atoms with van der Waals surface area (Å²) in [5, 5.41) is 0. The number of hydrogen-bond donors (Lipinski definition) is 0. The summed E-state index contributed by atoms with van der Waals surface area (Å²) in [7, 11) is 2.39. The third-order valence-corrected chi connectivity index (χ3v) is 5.23. The fraction of sp³-hybridized carbons (Fsp3) is 0.600. The zero-order chi connectivity index (χ0) is 11.3. The monoisotopic (exact) mass is 229 g/mol. The molecular weight excluding hydrogens is 210 g/mol. The van der Waals surface area contributed by atoms with E-state index in [9.17, 15) is 0 Å². The maximum Gasteiger partial charge on any atom is 0.520 e.